The number of aromatic amines is 1. The van der Waals surface area contributed by atoms with Gasteiger partial charge in [0.15, 0.2) is 5.69 Å². The maximum atomic E-state index is 12.2. The van der Waals surface area contributed by atoms with Crippen molar-refractivity contribution in [2.45, 2.75) is 13.5 Å². The lowest BCUT2D eigenvalue weighted by Crippen LogP contribution is -2.23. The van der Waals surface area contributed by atoms with Crippen LogP contribution in [0.25, 0.3) is 11.2 Å². The van der Waals surface area contributed by atoms with E-state index < -0.39 is 0 Å². The first-order valence-corrected chi connectivity index (χ1v) is 7.40. The molecule has 4 aromatic rings. The minimum Gasteiger partial charge on any atom is -0.345 e. The van der Waals surface area contributed by atoms with Crippen LogP contribution in [0.15, 0.2) is 47.8 Å². The maximum absolute atomic E-state index is 12.2. The molecule has 0 aliphatic carbocycles. The number of amides is 1. The predicted octanol–water partition coefficient (Wildman–Crippen LogP) is 0.909. The molecule has 8 nitrogen and oxygen atoms in total. The van der Waals surface area contributed by atoms with Gasteiger partial charge in [-0.2, -0.15) is 5.10 Å². The van der Waals surface area contributed by atoms with E-state index in [2.05, 4.69) is 20.4 Å². The molecule has 24 heavy (non-hydrogen) atoms. The van der Waals surface area contributed by atoms with E-state index in [1.807, 2.05) is 35.9 Å². The lowest BCUT2D eigenvalue weighted by Gasteiger charge is -1.99. The van der Waals surface area contributed by atoms with Crippen LogP contribution in [-0.4, -0.2) is 29.9 Å². The van der Waals surface area contributed by atoms with Crippen LogP contribution in [0.3, 0.4) is 0 Å². The molecule has 1 amide bonds. The van der Waals surface area contributed by atoms with Crippen molar-refractivity contribution in [1.29, 1.82) is 0 Å². The van der Waals surface area contributed by atoms with Gasteiger partial charge in [0.25, 0.3) is 11.5 Å². The van der Waals surface area contributed by atoms with Crippen molar-refractivity contribution in [3.63, 3.8) is 0 Å². The van der Waals surface area contributed by atoms with E-state index in [4.69, 9.17) is 0 Å². The fourth-order valence-electron chi connectivity index (χ4n) is 2.55. The van der Waals surface area contributed by atoms with Gasteiger partial charge in [-0.25, -0.2) is 9.50 Å². The van der Waals surface area contributed by atoms with Gasteiger partial charge in [-0.1, -0.05) is 6.07 Å². The molecule has 4 rings (SSSR count). The van der Waals surface area contributed by atoms with Crippen LogP contribution in [0.4, 0.5) is 0 Å². The molecule has 0 spiro atoms. The Hall–Kier alpha value is -3.42. The SMILES string of the molecule is Cc1ccc2nc(CNC(=O)c3cc4c(=O)[nH]ccn4n3)cn2c1. The summed E-state index contributed by atoms with van der Waals surface area (Å²) in [6.45, 7) is 2.29. The van der Waals surface area contributed by atoms with Crippen LogP contribution < -0.4 is 10.9 Å². The number of hydrogen-bond donors (Lipinski definition) is 2. The number of H-pyrrole nitrogens is 1. The topological polar surface area (TPSA) is 96.6 Å². The largest absolute Gasteiger partial charge is 0.345 e. The van der Waals surface area contributed by atoms with Crippen molar-refractivity contribution in [3.05, 3.63) is 70.3 Å². The van der Waals surface area contributed by atoms with Gasteiger partial charge in [0.05, 0.1) is 12.2 Å². The lowest BCUT2D eigenvalue weighted by molar-refractivity contribution is 0.0945. The average Bonchev–Trinajstić information content (AvgIpc) is 3.16. The fraction of sp³-hybridized carbons (Fsp3) is 0.125. The average molecular weight is 322 g/mol. The molecule has 8 heteroatoms. The van der Waals surface area contributed by atoms with Crippen LogP contribution >= 0.6 is 0 Å². The molecule has 0 bridgehead atoms. The Morgan fingerprint density at radius 1 is 1.33 bits per heavy atom. The molecule has 4 aromatic heterocycles. The Labute approximate surface area is 135 Å². The zero-order chi connectivity index (χ0) is 16.7. The van der Waals surface area contributed by atoms with Crippen molar-refractivity contribution in [2.75, 3.05) is 0 Å². The third-order valence-electron chi connectivity index (χ3n) is 3.71. The highest BCUT2D eigenvalue weighted by Gasteiger charge is 2.13. The van der Waals surface area contributed by atoms with Crippen LogP contribution in [0.5, 0.6) is 0 Å². The van der Waals surface area contributed by atoms with E-state index >= 15 is 0 Å². The second-order valence-electron chi connectivity index (χ2n) is 5.54. The number of pyridine rings is 1. The zero-order valence-electron chi connectivity index (χ0n) is 12.9. The highest BCUT2D eigenvalue weighted by molar-refractivity contribution is 5.93. The molecule has 0 unspecified atom stereocenters. The lowest BCUT2D eigenvalue weighted by atomic mass is 10.3. The number of hydrogen-bond acceptors (Lipinski definition) is 4. The molecule has 0 aliphatic rings. The number of nitrogens with zero attached hydrogens (tertiary/aromatic N) is 4. The molecule has 4 heterocycles. The number of fused-ring (bicyclic) bond motifs is 2. The molecule has 0 radical (unpaired) electrons. The van der Waals surface area contributed by atoms with Crippen molar-refractivity contribution in [2.24, 2.45) is 0 Å². The number of imidazole rings is 1. The van der Waals surface area contributed by atoms with Gasteiger partial charge < -0.3 is 14.7 Å². The number of nitrogens with one attached hydrogen (secondary N) is 2. The Kier molecular flexibility index (Phi) is 3.16. The summed E-state index contributed by atoms with van der Waals surface area (Å²) in [4.78, 5) is 30.9. The predicted molar refractivity (Wildman–Crippen MR) is 86.9 cm³/mol. The molecule has 0 aromatic carbocycles. The number of aromatic nitrogens is 5. The number of carbonyl (C=O) groups is 1. The van der Waals surface area contributed by atoms with Gasteiger partial charge in [-0.15, -0.1) is 0 Å². The van der Waals surface area contributed by atoms with Gasteiger partial charge in [0, 0.05) is 30.9 Å². The summed E-state index contributed by atoms with van der Waals surface area (Å²) >= 11 is 0. The van der Waals surface area contributed by atoms with Crippen molar-refractivity contribution in [1.82, 2.24) is 29.3 Å². The number of rotatable bonds is 3. The van der Waals surface area contributed by atoms with E-state index in [-0.39, 0.29) is 23.7 Å². The second-order valence-corrected chi connectivity index (χ2v) is 5.54. The smallest absolute Gasteiger partial charge is 0.273 e. The van der Waals surface area contributed by atoms with Crippen molar-refractivity contribution < 1.29 is 4.79 Å². The van der Waals surface area contributed by atoms with E-state index in [0.717, 1.165) is 16.9 Å². The third kappa shape index (κ3) is 2.43. The van der Waals surface area contributed by atoms with Gasteiger partial charge in [0.2, 0.25) is 0 Å². The van der Waals surface area contributed by atoms with Gasteiger partial charge in [-0.3, -0.25) is 9.59 Å². The monoisotopic (exact) mass is 322 g/mol. The fourth-order valence-corrected chi connectivity index (χ4v) is 2.55. The minimum absolute atomic E-state index is 0.186. The summed E-state index contributed by atoms with van der Waals surface area (Å²) in [6.07, 6.45) is 6.90. The summed E-state index contributed by atoms with van der Waals surface area (Å²) in [5.41, 5.74) is 2.92. The molecule has 0 saturated carbocycles. The van der Waals surface area contributed by atoms with Gasteiger partial charge >= 0.3 is 0 Å². The van der Waals surface area contributed by atoms with Gasteiger partial charge in [-0.05, 0) is 18.6 Å². The van der Waals surface area contributed by atoms with E-state index in [0.29, 0.717) is 5.52 Å². The highest BCUT2D eigenvalue weighted by Crippen LogP contribution is 2.07. The van der Waals surface area contributed by atoms with Gasteiger partial charge in [0.1, 0.15) is 11.2 Å². The first kappa shape index (κ1) is 14.2. The van der Waals surface area contributed by atoms with E-state index in [9.17, 15) is 9.59 Å². The van der Waals surface area contributed by atoms with Crippen LogP contribution in [0, 0.1) is 6.92 Å². The van der Waals surface area contributed by atoms with Crippen LogP contribution in [-0.2, 0) is 6.54 Å². The number of carbonyl (C=O) groups excluding carboxylic acids is 1. The first-order chi connectivity index (χ1) is 11.6. The van der Waals surface area contributed by atoms with Crippen LogP contribution in [0.2, 0.25) is 0 Å². The number of aryl methyl sites for hydroxylation is 1. The zero-order valence-corrected chi connectivity index (χ0v) is 12.9. The quantitative estimate of drug-likeness (QED) is 0.586. The molecule has 0 fully saturated rings. The molecular formula is C16H14N6O2. The molecule has 0 saturated heterocycles. The minimum atomic E-state index is -0.355. The summed E-state index contributed by atoms with van der Waals surface area (Å²) in [6, 6.07) is 5.37. The van der Waals surface area contributed by atoms with Crippen molar-refractivity contribution >= 4 is 17.1 Å². The molecule has 120 valence electrons. The normalized spacial score (nSPS) is 11.2. The third-order valence-corrected chi connectivity index (χ3v) is 3.71. The Balaban J connectivity index is 1.54. The summed E-state index contributed by atoms with van der Waals surface area (Å²) in [5.74, 6) is -0.355. The van der Waals surface area contributed by atoms with E-state index in [1.54, 1.807) is 6.20 Å². The molecule has 0 aliphatic heterocycles. The molecule has 0 atom stereocenters. The Morgan fingerprint density at radius 3 is 3.04 bits per heavy atom. The standard InChI is InChI=1S/C16H14N6O2/c1-10-2-3-14-19-11(9-21(14)8-10)7-18-15(23)12-6-13-16(24)17-4-5-22(13)20-12/h2-6,8-9H,7H2,1H3,(H,17,24)(H,18,23). The Bertz CT molecular complexity index is 1120. The summed E-state index contributed by atoms with van der Waals surface area (Å²) < 4.78 is 3.29. The maximum Gasteiger partial charge on any atom is 0.273 e. The van der Waals surface area contributed by atoms with Crippen LogP contribution in [0.1, 0.15) is 21.7 Å². The summed E-state index contributed by atoms with van der Waals surface area (Å²) in [5, 5.41) is 6.87. The highest BCUT2D eigenvalue weighted by atomic mass is 16.2. The molecular weight excluding hydrogens is 308 g/mol. The Morgan fingerprint density at radius 2 is 2.21 bits per heavy atom. The van der Waals surface area contributed by atoms with Crippen molar-refractivity contribution in [3.8, 4) is 0 Å². The first-order valence-electron chi connectivity index (χ1n) is 7.40. The second kappa shape index (κ2) is 5.34. The van der Waals surface area contributed by atoms with E-state index in [1.165, 1.54) is 16.8 Å². The molecule has 2 N–H and O–H groups in total. The summed E-state index contributed by atoms with van der Waals surface area (Å²) in [7, 11) is 0.